The van der Waals surface area contributed by atoms with Gasteiger partial charge in [0.15, 0.2) is 0 Å². The highest BCUT2D eigenvalue weighted by molar-refractivity contribution is 5.60. The molecule has 0 aliphatic rings. The molecule has 2 rings (SSSR count). The third kappa shape index (κ3) is 4.63. The second kappa shape index (κ2) is 5.99. The number of aryl methyl sites for hydroxylation is 1. The van der Waals surface area contributed by atoms with Crippen LogP contribution in [-0.2, 0) is 0 Å². The lowest BCUT2D eigenvalue weighted by atomic mass is 10.1. The first-order valence-corrected chi connectivity index (χ1v) is 6.91. The van der Waals surface area contributed by atoms with Crippen LogP contribution in [0, 0.1) is 6.92 Å². The van der Waals surface area contributed by atoms with E-state index in [0.717, 1.165) is 28.9 Å². The highest BCUT2D eigenvalue weighted by Crippen LogP contribution is 2.21. The van der Waals surface area contributed by atoms with E-state index < -0.39 is 0 Å². The molecule has 0 saturated heterocycles. The molecule has 1 aromatic heterocycles. The number of anilines is 3. The van der Waals surface area contributed by atoms with Gasteiger partial charge in [0.1, 0.15) is 23.2 Å². The first-order valence-electron chi connectivity index (χ1n) is 6.91. The Morgan fingerprint density at radius 1 is 1.00 bits per heavy atom. The summed E-state index contributed by atoms with van der Waals surface area (Å²) >= 11 is 0. The number of ether oxygens (including phenoxy) is 1. The molecule has 5 heteroatoms. The molecule has 5 nitrogen and oxygen atoms in total. The Hall–Kier alpha value is -2.30. The Kier molecular flexibility index (Phi) is 4.31. The van der Waals surface area contributed by atoms with E-state index in [0.29, 0.717) is 0 Å². The summed E-state index contributed by atoms with van der Waals surface area (Å²) in [5.74, 6) is 3.13. The van der Waals surface area contributed by atoms with Gasteiger partial charge in [-0.1, -0.05) is 0 Å². The monoisotopic (exact) mass is 286 g/mol. The highest BCUT2D eigenvalue weighted by Gasteiger charge is 2.11. The largest absolute Gasteiger partial charge is 0.497 e. The van der Waals surface area contributed by atoms with Crippen molar-refractivity contribution in [2.45, 2.75) is 33.2 Å². The second-order valence-corrected chi connectivity index (χ2v) is 5.91. The molecule has 0 atom stereocenters. The smallest absolute Gasteiger partial charge is 0.136 e. The minimum absolute atomic E-state index is 0.0435. The molecule has 0 aliphatic heterocycles. The summed E-state index contributed by atoms with van der Waals surface area (Å²) in [5, 5.41) is 6.63. The quantitative estimate of drug-likeness (QED) is 0.896. The van der Waals surface area contributed by atoms with E-state index in [2.05, 4.69) is 41.4 Å². The van der Waals surface area contributed by atoms with Crippen LogP contribution in [-0.4, -0.2) is 22.6 Å². The standard InChI is InChI=1S/C16H22N4O/c1-11-17-14(10-15(18-11)20-16(2,3)4)19-12-6-8-13(21-5)9-7-12/h6-10H,1-5H3,(H2,17,18,19,20). The minimum Gasteiger partial charge on any atom is -0.497 e. The summed E-state index contributed by atoms with van der Waals surface area (Å²) < 4.78 is 5.15. The third-order valence-electron chi connectivity index (χ3n) is 2.70. The van der Waals surface area contributed by atoms with Crippen molar-refractivity contribution in [3.8, 4) is 5.75 Å². The van der Waals surface area contributed by atoms with Gasteiger partial charge in [0.25, 0.3) is 0 Å². The van der Waals surface area contributed by atoms with Gasteiger partial charge in [-0.05, 0) is 52.0 Å². The molecule has 0 aliphatic carbocycles. The van der Waals surface area contributed by atoms with Crippen LogP contribution in [0.25, 0.3) is 0 Å². The van der Waals surface area contributed by atoms with Crippen LogP contribution in [0.1, 0.15) is 26.6 Å². The minimum atomic E-state index is -0.0435. The SMILES string of the molecule is COc1ccc(Nc2cc(NC(C)(C)C)nc(C)n2)cc1. The van der Waals surface area contributed by atoms with Crippen molar-refractivity contribution in [3.05, 3.63) is 36.2 Å². The first-order chi connectivity index (χ1) is 9.85. The number of methoxy groups -OCH3 is 1. The predicted octanol–water partition coefficient (Wildman–Crippen LogP) is 3.75. The van der Waals surface area contributed by atoms with E-state index in [1.807, 2.05) is 37.3 Å². The molecule has 0 saturated carbocycles. The average Bonchev–Trinajstić information content (AvgIpc) is 2.36. The molecule has 1 heterocycles. The normalized spacial score (nSPS) is 11.1. The lowest BCUT2D eigenvalue weighted by Crippen LogP contribution is -2.26. The van der Waals surface area contributed by atoms with Gasteiger partial charge in [-0.15, -0.1) is 0 Å². The van der Waals surface area contributed by atoms with Crippen molar-refractivity contribution in [1.29, 1.82) is 0 Å². The molecule has 0 unspecified atom stereocenters. The van der Waals surface area contributed by atoms with Gasteiger partial charge in [0.2, 0.25) is 0 Å². The maximum atomic E-state index is 5.15. The Morgan fingerprint density at radius 2 is 1.62 bits per heavy atom. The molecule has 0 spiro atoms. The van der Waals surface area contributed by atoms with Crippen LogP contribution >= 0.6 is 0 Å². The van der Waals surface area contributed by atoms with Gasteiger partial charge in [0, 0.05) is 17.3 Å². The number of hydrogen-bond acceptors (Lipinski definition) is 5. The number of rotatable bonds is 4. The van der Waals surface area contributed by atoms with E-state index in [4.69, 9.17) is 4.74 Å². The number of nitrogens with one attached hydrogen (secondary N) is 2. The molecule has 0 amide bonds. The van der Waals surface area contributed by atoms with Crippen molar-refractivity contribution in [2.24, 2.45) is 0 Å². The molecule has 2 aromatic rings. The van der Waals surface area contributed by atoms with Crippen LogP contribution in [0.5, 0.6) is 5.75 Å². The van der Waals surface area contributed by atoms with Crippen LogP contribution in [0.4, 0.5) is 17.3 Å². The summed E-state index contributed by atoms with van der Waals surface area (Å²) in [4.78, 5) is 8.81. The zero-order chi connectivity index (χ0) is 15.5. The molecule has 2 N–H and O–H groups in total. The Labute approximate surface area is 125 Å². The Morgan fingerprint density at radius 3 is 2.19 bits per heavy atom. The number of hydrogen-bond donors (Lipinski definition) is 2. The lowest BCUT2D eigenvalue weighted by Gasteiger charge is -2.21. The number of aromatic nitrogens is 2. The van der Waals surface area contributed by atoms with Gasteiger partial charge in [-0.2, -0.15) is 0 Å². The van der Waals surface area contributed by atoms with Gasteiger partial charge in [-0.25, -0.2) is 9.97 Å². The van der Waals surface area contributed by atoms with E-state index >= 15 is 0 Å². The average molecular weight is 286 g/mol. The maximum Gasteiger partial charge on any atom is 0.136 e. The maximum absolute atomic E-state index is 5.15. The van der Waals surface area contributed by atoms with Crippen molar-refractivity contribution in [2.75, 3.05) is 17.7 Å². The van der Waals surface area contributed by atoms with Crippen molar-refractivity contribution >= 4 is 17.3 Å². The lowest BCUT2D eigenvalue weighted by molar-refractivity contribution is 0.415. The van der Waals surface area contributed by atoms with Crippen LogP contribution in [0.3, 0.4) is 0 Å². The molecule has 0 radical (unpaired) electrons. The van der Waals surface area contributed by atoms with Gasteiger partial charge >= 0.3 is 0 Å². The summed E-state index contributed by atoms with van der Waals surface area (Å²) in [7, 11) is 1.65. The fourth-order valence-electron chi connectivity index (χ4n) is 1.90. The van der Waals surface area contributed by atoms with Gasteiger partial charge < -0.3 is 15.4 Å². The van der Waals surface area contributed by atoms with E-state index in [1.165, 1.54) is 0 Å². The van der Waals surface area contributed by atoms with Crippen LogP contribution < -0.4 is 15.4 Å². The second-order valence-electron chi connectivity index (χ2n) is 5.91. The molecule has 112 valence electrons. The highest BCUT2D eigenvalue weighted by atomic mass is 16.5. The van der Waals surface area contributed by atoms with Crippen LogP contribution in [0.2, 0.25) is 0 Å². The first kappa shape index (κ1) is 15.1. The predicted molar refractivity (Wildman–Crippen MR) is 86.4 cm³/mol. The Balaban J connectivity index is 2.19. The molecule has 0 bridgehead atoms. The number of benzene rings is 1. The third-order valence-corrected chi connectivity index (χ3v) is 2.70. The molecular formula is C16H22N4O. The topological polar surface area (TPSA) is 59.1 Å². The number of nitrogens with zero attached hydrogens (tertiary/aromatic N) is 2. The molecule has 0 fully saturated rings. The molecule has 1 aromatic carbocycles. The summed E-state index contributed by atoms with van der Waals surface area (Å²) in [6.07, 6.45) is 0. The Bertz CT molecular complexity index is 603. The summed E-state index contributed by atoms with van der Waals surface area (Å²) in [6, 6.07) is 9.62. The van der Waals surface area contributed by atoms with Crippen LogP contribution in [0.15, 0.2) is 30.3 Å². The van der Waals surface area contributed by atoms with Crippen molar-refractivity contribution in [3.63, 3.8) is 0 Å². The fraction of sp³-hybridized carbons (Fsp3) is 0.375. The zero-order valence-corrected chi connectivity index (χ0v) is 13.2. The van der Waals surface area contributed by atoms with E-state index in [1.54, 1.807) is 7.11 Å². The summed E-state index contributed by atoms with van der Waals surface area (Å²) in [5.41, 5.74) is 0.911. The zero-order valence-electron chi connectivity index (χ0n) is 13.2. The van der Waals surface area contributed by atoms with E-state index in [-0.39, 0.29) is 5.54 Å². The fourth-order valence-corrected chi connectivity index (χ4v) is 1.90. The van der Waals surface area contributed by atoms with Gasteiger partial charge in [0.05, 0.1) is 7.11 Å². The van der Waals surface area contributed by atoms with Crippen molar-refractivity contribution < 1.29 is 4.74 Å². The molecular weight excluding hydrogens is 264 g/mol. The van der Waals surface area contributed by atoms with E-state index in [9.17, 15) is 0 Å². The van der Waals surface area contributed by atoms with Gasteiger partial charge in [-0.3, -0.25) is 0 Å². The van der Waals surface area contributed by atoms with Crippen molar-refractivity contribution in [1.82, 2.24) is 9.97 Å². The molecule has 21 heavy (non-hydrogen) atoms. The summed E-state index contributed by atoms with van der Waals surface area (Å²) in [6.45, 7) is 8.18.